The Kier molecular flexibility index (Phi) is 5.88. The molecule has 0 heterocycles. The molecule has 0 aromatic heterocycles. The number of halogens is 4. The van der Waals surface area contributed by atoms with Gasteiger partial charge in [-0.05, 0) is 50.2 Å². The smallest absolute Gasteiger partial charge is 0.261 e. The van der Waals surface area contributed by atoms with Crippen LogP contribution < -0.4 is 10.6 Å². The number of rotatable bonds is 4. The number of benzene rings is 2. The van der Waals surface area contributed by atoms with Crippen molar-refractivity contribution >= 4 is 64.4 Å². The van der Waals surface area contributed by atoms with Crippen LogP contribution in [-0.4, -0.2) is 6.10 Å². The molecule has 2 aromatic carbocycles. The van der Waals surface area contributed by atoms with E-state index in [1.165, 1.54) is 0 Å². The van der Waals surface area contributed by atoms with Crippen LogP contribution in [0.5, 0.6) is 0 Å². The van der Waals surface area contributed by atoms with Gasteiger partial charge in [-0.15, -0.1) is 0 Å². The third-order valence-corrected chi connectivity index (χ3v) is 6.20. The zero-order valence-electron chi connectivity index (χ0n) is 11.8. The van der Waals surface area contributed by atoms with Gasteiger partial charge < -0.3 is 4.52 Å². The topological polar surface area (TPSA) is 26.3 Å². The van der Waals surface area contributed by atoms with E-state index in [0.29, 0.717) is 30.7 Å². The summed E-state index contributed by atoms with van der Waals surface area (Å²) in [6.07, 6.45) is -0.277. The maximum absolute atomic E-state index is 13.6. The second-order valence-corrected chi connectivity index (χ2v) is 9.05. The first kappa shape index (κ1) is 18.1. The molecule has 0 radical (unpaired) electrons. The fourth-order valence-electron chi connectivity index (χ4n) is 1.99. The van der Waals surface area contributed by atoms with Gasteiger partial charge in [-0.1, -0.05) is 46.4 Å². The fraction of sp³-hybridized carbons (Fsp3) is 0.200. The van der Waals surface area contributed by atoms with Crippen LogP contribution in [0, 0.1) is 0 Å². The summed E-state index contributed by atoms with van der Waals surface area (Å²) >= 11 is 24.1. The van der Waals surface area contributed by atoms with E-state index in [1.54, 1.807) is 50.2 Å². The third kappa shape index (κ3) is 4.20. The second kappa shape index (κ2) is 7.13. The average molecular weight is 398 g/mol. The average Bonchev–Trinajstić information content (AvgIpc) is 2.35. The summed E-state index contributed by atoms with van der Waals surface area (Å²) in [6, 6.07) is 9.43. The van der Waals surface area contributed by atoms with Crippen molar-refractivity contribution in [3.8, 4) is 0 Å². The van der Waals surface area contributed by atoms with Gasteiger partial charge in [-0.2, -0.15) is 0 Å². The van der Waals surface area contributed by atoms with E-state index in [0.717, 1.165) is 0 Å². The Hall–Kier alpha value is -0.210. The molecule has 2 rings (SSSR count). The standard InChI is InChI=1S/C15H13Cl4O2P/c1-9(2)21-22(20,14-5-10(16)3-11(17)6-14)15-7-12(18)4-13(19)8-15/h3-9H,1-2H3. The Morgan fingerprint density at radius 1 is 0.773 bits per heavy atom. The van der Waals surface area contributed by atoms with Crippen LogP contribution in [-0.2, 0) is 9.09 Å². The molecule has 7 heteroatoms. The number of hydrogen-bond donors (Lipinski definition) is 0. The lowest BCUT2D eigenvalue weighted by Gasteiger charge is -2.22. The molecule has 0 aliphatic rings. The Morgan fingerprint density at radius 3 is 1.36 bits per heavy atom. The van der Waals surface area contributed by atoms with Crippen LogP contribution in [0.25, 0.3) is 0 Å². The second-order valence-electron chi connectivity index (χ2n) is 4.96. The van der Waals surface area contributed by atoms with E-state index in [4.69, 9.17) is 50.9 Å². The lowest BCUT2D eigenvalue weighted by Crippen LogP contribution is -2.21. The van der Waals surface area contributed by atoms with Gasteiger partial charge in [0, 0.05) is 30.7 Å². The molecule has 2 nitrogen and oxygen atoms in total. The van der Waals surface area contributed by atoms with Gasteiger partial charge in [0.25, 0.3) is 7.37 Å². The van der Waals surface area contributed by atoms with Crippen molar-refractivity contribution in [2.75, 3.05) is 0 Å². The lowest BCUT2D eigenvalue weighted by atomic mass is 10.3. The van der Waals surface area contributed by atoms with Gasteiger partial charge in [0.1, 0.15) is 0 Å². The van der Waals surface area contributed by atoms with E-state index in [1.807, 2.05) is 0 Å². The van der Waals surface area contributed by atoms with Crippen molar-refractivity contribution in [3.63, 3.8) is 0 Å². The Bertz CT molecular complexity index is 650. The summed E-state index contributed by atoms with van der Waals surface area (Å²) < 4.78 is 19.3. The molecule has 0 N–H and O–H groups in total. The maximum Gasteiger partial charge on any atom is 0.261 e. The zero-order valence-corrected chi connectivity index (χ0v) is 15.7. The van der Waals surface area contributed by atoms with E-state index in [-0.39, 0.29) is 6.10 Å². The first-order chi connectivity index (χ1) is 10.2. The van der Waals surface area contributed by atoms with Crippen LogP contribution in [0.3, 0.4) is 0 Å². The molecule has 0 spiro atoms. The first-order valence-electron chi connectivity index (χ1n) is 6.42. The summed E-state index contributed by atoms with van der Waals surface area (Å²) in [5.41, 5.74) is 0. The largest absolute Gasteiger partial charge is 0.319 e. The molecule has 0 bridgehead atoms. The number of hydrogen-bond acceptors (Lipinski definition) is 2. The minimum Gasteiger partial charge on any atom is -0.319 e. The van der Waals surface area contributed by atoms with Crippen molar-refractivity contribution in [1.29, 1.82) is 0 Å². The van der Waals surface area contributed by atoms with Gasteiger partial charge in [-0.3, -0.25) is 4.57 Å². The highest BCUT2D eigenvalue weighted by Crippen LogP contribution is 2.47. The SMILES string of the molecule is CC(C)OP(=O)(c1cc(Cl)cc(Cl)c1)c1cc(Cl)cc(Cl)c1. The highest BCUT2D eigenvalue weighted by molar-refractivity contribution is 7.74. The van der Waals surface area contributed by atoms with Gasteiger partial charge in [0.15, 0.2) is 0 Å². The molecule has 0 saturated carbocycles. The van der Waals surface area contributed by atoms with Crippen molar-refractivity contribution in [2.45, 2.75) is 20.0 Å². The molecule has 0 saturated heterocycles. The van der Waals surface area contributed by atoms with Gasteiger partial charge >= 0.3 is 0 Å². The van der Waals surface area contributed by atoms with E-state index in [9.17, 15) is 4.57 Å². The highest BCUT2D eigenvalue weighted by Gasteiger charge is 2.31. The normalized spacial score (nSPS) is 12.0. The fourth-order valence-corrected chi connectivity index (χ4v) is 5.71. The highest BCUT2D eigenvalue weighted by atomic mass is 35.5. The van der Waals surface area contributed by atoms with E-state index < -0.39 is 7.37 Å². The van der Waals surface area contributed by atoms with Gasteiger partial charge in [-0.25, -0.2) is 0 Å². The molecule has 0 aliphatic carbocycles. The van der Waals surface area contributed by atoms with Crippen LogP contribution in [0.2, 0.25) is 20.1 Å². The van der Waals surface area contributed by atoms with Crippen LogP contribution >= 0.6 is 53.8 Å². The first-order valence-corrected chi connectivity index (χ1v) is 9.56. The van der Waals surface area contributed by atoms with Crippen molar-refractivity contribution in [3.05, 3.63) is 56.5 Å². The molecular weight excluding hydrogens is 385 g/mol. The zero-order chi connectivity index (χ0) is 16.5. The van der Waals surface area contributed by atoms with Crippen molar-refractivity contribution in [2.24, 2.45) is 0 Å². The van der Waals surface area contributed by atoms with E-state index >= 15 is 0 Å². The molecule has 0 fully saturated rings. The molecule has 22 heavy (non-hydrogen) atoms. The molecule has 0 aliphatic heterocycles. The minimum atomic E-state index is -3.43. The summed E-state index contributed by atoms with van der Waals surface area (Å²) in [5.74, 6) is 0. The van der Waals surface area contributed by atoms with Crippen LogP contribution in [0.15, 0.2) is 36.4 Å². The van der Waals surface area contributed by atoms with Crippen LogP contribution in [0.1, 0.15) is 13.8 Å². The van der Waals surface area contributed by atoms with Crippen molar-refractivity contribution < 1.29 is 9.09 Å². The summed E-state index contributed by atoms with van der Waals surface area (Å²) in [4.78, 5) is 0. The molecular formula is C15H13Cl4O2P. The van der Waals surface area contributed by atoms with Crippen LogP contribution in [0.4, 0.5) is 0 Å². The Labute approximate surface area is 149 Å². The Balaban J connectivity index is 2.69. The summed E-state index contributed by atoms with van der Waals surface area (Å²) in [7, 11) is -3.43. The van der Waals surface area contributed by atoms with Gasteiger partial charge in [0.2, 0.25) is 0 Å². The summed E-state index contributed by atoms with van der Waals surface area (Å²) in [6.45, 7) is 3.59. The maximum atomic E-state index is 13.6. The molecule has 0 unspecified atom stereocenters. The molecule has 2 aromatic rings. The summed E-state index contributed by atoms with van der Waals surface area (Å²) in [5, 5.41) is 2.31. The predicted octanol–water partition coefficient (Wildman–Crippen LogP) is 5.95. The van der Waals surface area contributed by atoms with Gasteiger partial charge in [0.05, 0.1) is 6.10 Å². The quantitative estimate of drug-likeness (QED) is 0.595. The molecule has 118 valence electrons. The lowest BCUT2D eigenvalue weighted by molar-refractivity contribution is 0.254. The van der Waals surface area contributed by atoms with E-state index in [2.05, 4.69) is 0 Å². The predicted molar refractivity (Wildman–Crippen MR) is 96.0 cm³/mol. The molecule has 0 atom stereocenters. The monoisotopic (exact) mass is 396 g/mol. The third-order valence-electron chi connectivity index (χ3n) is 2.73. The van der Waals surface area contributed by atoms with Crippen molar-refractivity contribution in [1.82, 2.24) is 0 Å². The minimum absolute atomic E-state index is 0.277. The molecule has 0 amide bonds. The Morgan fingerprint density at radius 2 is 1.09 bits per heavy atom.